The molecule has 0 radical (unpaired) electrons. The van der Waals surface area contributed by atoms with E-state index in [1.807, 2.05) is 18.4 Å². The zero-order valence-corrected chi connectivity index (χ0v) is 19.4. The molecule has 5 nitrogen and oxygen atoms in total. The molecule has 0 aliphatic carbocycles. The average molecular weight is 502 g/mol. The van der Waals surface area contributed by atoms with Gasteiger partial charge in [0.1, 0.15) is 0 Å². The number of fused-ring (bicyclic) bond motifs is 6. The van der Waals surface area contributed by atoms with Gasteiger partial charge in [0.05, 0.1) is 12.2 Å². The van der Waals surface area contributed by atoms with Gasteiger partial charge in [0.2, 0.25) is 0 Å². The van der Waals surface area contributed by atoms with Crippen LogP contribution in [-0.2, 0) is 17.7 Å². The van der Waals surface area contributed by atoms with Gasteiger partial charge in [0.15, 0.2) is 5.96 Å². The van der Waals surface area contributed by atoms with Crippen LogP contribution in [0.15, 0.2) is 16.4 Å². The molecule has 2 bridgehead atoms. The molecule has 5 atom stereocenters. The number of ether oxygens (including phenoxy) is 1. The first-order valence-electron chi connectivity index (χ1n) is 10.1. The molecule has 5 unspecified atom stereocenters. The summed E-state index contributed by atoms with van der Waals surface area (Å²) in [6, 6.07) is 2.81. The lowest BCUT2D eigenvalue weighted by molar-refractivity contribution is 0.0766. The summed E-state index contributed by atoms with van der Waals surface area (Å²) in [5.74, 6) is 2.53. The lowest BCUT2D eigenvalue weighted by Gasteiger charge is -2.33. The predicted octanol–water partition coefficient (Wildman–Crippen LogP) is 2.80. The minimum Gasteiger partial charge on any atom is -0.374 e. The van der Waals surface area contributed by atoms with E-state index >= 15 is 0 Å². The van der Waals surface area contributed by atoms with E-state index in [0.717, 1.165) is 44.0 Å². The molecule has 4 aliphatic heterocycles. The Hall–Kier alpha value is -0.380. The number of rotatable bonds is 3. The van der Waals surface area contributed by atoms with Crippen LogP contribution in [0.1, 0.15) is 30.2 Å². The van der Waals surface area contributed by atoms with E-state index in [0.29, 0.717) is 18.2 Å². The van der Waals surface area contributed by atoms with Crippen molar-refractivity contribution in [1.82, 2.24) is 15.1 Å². The zero-order chi connectivity index (χ0) is 17.7. The summed E-state index contributed by atoms with van der Waals surface area (Å²) in [5.41, 5.74) is 1.53. The van der Waals surface area contributed by atoms with Gasteiger partial charge in [-0.1, -0.05) is 0 Å². The monoisotopic (exact) mass is 502 g/mol. The highest BCUT2D eigenvalue weighted by molar-refractivity contribution is 14.0. The maximum Gasteiger partial charge on any atom is 0.193 e. The van der Waals surface area contributed by atoms with Crippen molar-refractivity contribution in [3.63, 3.8) is 0 Å². The predicted molar refractivity (Wildman–Crippen MR) is 121 cm³/mol. The van der Waals surface area contributed by atoms with Gasteiger partial charge in [0.25, 0.3) is 0 Å². The number of nitrogens with zero attached hydrogens (tertiary/aromatic N) is 3. The van der Waals surface area contributed by atoms with E-state index in [-0.39, 0.29) is 24.0 Å². The van der Waals surface area contributed by atoms with E-state index in [1.54, 1.807) is 4.88 Å². The van der Waals surface area contributed by atoms with Crippen molar-refractivity contribution in [3.8, 4) is 0 Å². The largest absolute Gasteiger partial charge is 0.374 e. The summed E-state index contributed by atoms with van der Waals surface area (Å²) in [6.45, 7) is 7.79. The first kappa shape index (κ1) is 19.9. The van der Waals surface area contributed by atoms with Crippen LogP contribution >= 0.6 is 35.3 Å². The third-order valence-corrected chi connectivity index (χ3v) is 8.00. The number of thiophene rings is 1. The highest BCUT2D eigenvalue weighted by atomic mass is 127. The molecule has 5 heterocycles. The molecule has 0 amide bonds. The van der Waals surface area contributed by atoms with Gasteiger partial charge in [0, 0.05) is 62.5 Å². The van der Waals surface area contributed by atoms with Crippen molar-refractivity contribution >= 4 is 41.3 Å². The Balaban J connectivity index is 0.00000180. The lowest BCUT2D eigenvalue weighted by atomic mass is 9.82. The van der Waals surface area contributed by atoms with Crippen molar-refractivity contribution in [2.45, 2.75) is 51.0 Å². The summed E-state index contributed by atoms with van der Waals surface area (Å²) in [6.07, 6.45) is 4.76. The van der Waals surface area contributed by atoms with Gasteiger partial charge < -0.3 is 15.0 Å². The number of halogens is 1. The van der Waals surface area contributed by atoms with Crippen molar-refractivity contribution in [3.05, 3.63) is 21.9 Å². The number of aliphatic imine (C=N–C) groups is 1. The van der Waals surface area contributed by atoms with Crippen molar-refractivity contribution in [2.24, 2.45) is 16.8 Å². The van der Waals surface area contributed by atoms with Gasteiger partial charge >= 0.3 is 0 Å². The maximum absolute atomic E-state index is 6.11. The molecule has 3 saturated heterocycles. The van der Waals surface area contributed by atoms with Crippen molar-refractivity contribution in [1.29, 1.82) is 0 Å². The molecule has 1 aromatic rings. The number of likely N-dealkylation sites (tertiary alicyclic amines) is 1. The Morgan fingerprint density at radius 2 is 2.07 bits per heavy atom. The number of nitrogens with one attached hydrogen (secondary N) is 1. The molecule has 7 heteroatoms. The quantitative estimate of drug-likeness (QED) is 0.392. The number of guanidine groups is 1. The fraction of sp³-hybridized carbons (Fsp3) is 0.750. The summed E-state index contributed by atoms with van der Waals surface area (Å²) >= 11 is 1.91. The van der Waals surface area contributed by atoms with Crippen LogP contribution in [0.5, 0.6) is 0 Å². The third-order valence-electron chi connectivity index (χ3n) is 6.98. The van der Waals surface area contributed by atoms with Crippen LogP contribution in [-0.4, -0.2) is 67.2 Å². The second kappa shape index (κ2) is 8.16. The number of hydrogen-bond donors (Lipinski definition) is 1. The number of hydrogen-bond acceptors (Lipinski definition) is 4. The first-order valence-corrected chi connectivity index (χ1v) is 11.0. The maximum atomic E-state index is 6.11. The van der Waals surface area contributed by atoms with E-state index in [2.05, 4.69) is 38.5 Å². The van der Waals surface area contributed by atoms with Crippen LogP contribution in [0.2, 0.25) is 0 Å². The fourth-order valence-corrected chi connectivity index (χ4v) is 6.37. The van der Waals surface area contributed by atoms with E-state index in [1.165, 1.54) is 31.4 Å². The zero-order valence-electron chi connectivity index (χ0n) is 16.3. The summed E-state index contributed by atoms with van der Waals surface area (Å²) in [5, 5.41) is 5.90. The Kier molecular flexibility index (Phi) is 6.02. The average Bonchev–Trinajstić information content (AvgIpc) is 3.41. The minimum absolute atomic E-state index is 0. The summed E-state index contributed by atoms with van der Waals surface area (Å²) in [7, 11) is 1.92. The molecule has 27 heavy (non-hydrogen) atoms. The van der Waals surface area contributed by atoms with E-state index in [4.69, 9.17) is 4.74 Å². The molecular weight excluding hydrogens is 471 g/mol. The third kappa shape index (κ3) is 3.65. The fourth-order valence-electron chi connectivity index (χ4n) is 5.48. The normalized spacial score (nSPS) is 33.6. The molecule has 0 spiro atoms. The first-order chi connectivity index (χ1) is 12.7. The van der Waals surface area contributed by atoms with Gasteiger partial charge in [-0.3, -0.25) is 9.89 Å². The summed E-state index contributed by atoms with van der Waals surface area (Å²) < 4.78 is 6.11. The second-order valence-corrected chi connectivity index (χ2v) is 9.39. The highest BCUT2D eigenvalue weighted by Crippen LogP contribution is 2.47. The van der Waals surface area contributed by atoms with Crippen LogP contribution in [0.4, 0.5) is 0 Å². The smallest absolute Gasteiger partial charge is 0.193 e. The topological polar surface area (TPSA) is 40.1 Å². The second-order valence-electron chi connectivity index (χ2n) is 8.39. The molecule has 4 aliphatic rings. The van der Waals surface area contributed by atoms with Crippen molar-refractivity contribution in [2.75, 3.05) is 33.2 Å². The molecule has 3 fully saturated rings. The molecule has 1 aromatic heterocycles. The molecule has 5 rings (SSSR count). The van der Waals surface area contributed by atoms with Gasteiger partial charge in [-0.05, 0) is 43.2 Å². The van der Waals surface area contributed by atoms with E-state index < -0.39 is 0 Å². The Labute approximate surface area is 183 Å². The van der Waals surface area contributed by atoms with Crippen molar-refractivity contribution < 1.29 is 4.74 Å². The Morgan fingerprint density at radius 3 is 2.78 bits per heavy atom. The van der Waals surface area contributed by atoms with Crippen LogP contribution in [0.25, 0.3) is 0 Å². The Morgan fingerprint density at radius 1 is 1.33 bits per heavy atom. The molecule has 0 saturated carbocycles. The van der Waals surface area contributed by atoms with Gasteiger partial charge in [-0.25, -0.2) is 0 Å². The van der Waals surface area contributed by atoms with Crippen LogP contribution < -0.4 is 5.32 Å². The highest BCUT2D eigenvalue weighted by Gasteiger charge is 2.53. The molecular formula is C20H31IN4OS. The Bertz CT molecular complexity index is 677. The van der Waals surface area contributed by atoms with Crippen LogP contribution in [0, 0.1) is 11.8 Å². The van der Waals surface area contributed by atoms with E-state index in [9.17, 15) is 0 Å². The summed E-state index contributed by atoms with van der Waals surface area (Å²) in [4.78, 5) is 11.2. The molecule has 0 aromatic carbocycles. The molecule has 150 valence electrons. The van der Waals surface area contributed by atoms with Gasteiger partial charge in [-0.15, -0.1) is 35.3 Å². The minimum atomic E-state index is 0. The standard InChI is InChI=1S/C20H30N4OS.HI/c1-13(23-7-5-19-14(10-23)6-8-26-19)9-22-20(21-2)24-11-15-16(12-24)18-4-3-17(15)25-18;/h6,8,13,15-18H,3-5,7,9-12H2,1-2H3,(H,21,22);1H. The van der Waals surface area contributed by atoms with Gasteiger partial charge in [-0.2, -0.15) is 0 Å². The lowest BCUT2D eigenvalue weighted by Crippen LogP contribution is -2.48. The van der Waals surface area contributed by atoms with Crippen LogP contribution in [0.3, 0.4) is 0 Å². The molecule has 1 N–H and O–H groups in total. The SMILES string of the molecule is CN=C(NCC(C)N1CCc2sccc2C1)N1CC2C3CCC(O3)C2C1.I.